The smallest absolute Gasteiger partial charge is 0.153 e. The van der Waals surface area contributed by atoms with Crippen LogP contribution in [-0.2, 0) is 10.3 Å². The van der Waals surface area contributed by atoms with Crippen LogP contribution in [0.15, 0.2) is 30.3 Å². The quantitative estimate of drug-likeness (QED) is 0.870. The van der Waals surface area contributed by atoms with Crippen molar-refractivity contribution in [1.82, 2.24) is 4.90 Å². The van der Waals surface area contributed by atoms with Crippen molar-refractivity contribution in [3.63, 3.8) is 0 Å². The minimum atomic E-state index is -0.996. The Hall–Kier alpha value is -1.34. The summed E-state index contributed by atoms with van der Waals surface area (Å²) in [6, 6.07) is 9.96. The molecule has 0 radical (unpaired) electrons. The second-order valence-electron chi connectivity index (χ2n) is 6.30. The van der Waals surface area contributed by atoms with E-state index in [1.165, 1.54) is 12.8 Å². The maximum Gasteiger partial charge on any atom is 0.153 e. The Morgan fingerprint density at radius 2 is 1.82 bits per heavy atom. The van der Waals surface area contributed by atoms with E-state index >= 15 is 0 Å². The van der Waals surface area contributed by atoms with Crippen LogP contribution >= 0.6 is 0 Å². The van der Waals surface area contributed by atoms with Crippen molar-refractivity contribution >= 4 is 0 Å². The molecule has 1 atom stereocenters. The van der Waals surface area contributed by atoms with Gasteiger partial charge in [0.15, 0.2) is 5.60 Å². The van der Waals surface area contributed by atoms with Gasteiger partial charge in [0.25, 0.3) is 0 Å². The van der Waals surface area contributed by atoms with Crippen molar-refractivity contribution < 1.29 is 9.84 Å². The summed E-state index contributed by atoms with van der Waals surface area (Å²) in [6.07, 6.45) is 4.53. The summed E-state index contributed by atoms with van der Waals surface area (Å²) in [5.41, 5.74) is -0.0549. The Bertz CT molecular complexity index is 521. The van der Waals surface area contributed by atoms with Gasteiger partial charge in [-0.3, -0.25) is 4.90 Å². The maximum atomic E-state index is 11.3. The molecular weight excluding hydrogens is 274 g/mol. The summed E-state index contributed by atoms with van der Waals surface area (Å²) >= 11 is 0. The van der Waals surface area contributed by atoms with E-state index in [4.69, 9.17) is 4.74 Å². The highest BCUT2D eigenvalue weighted by Gasteiger charge is 2.38. The Labute approximate surface area is 133 Å². The van der Waals surface area contributed by atoms with E-state index in [1.807, 2.05) is 30.3 Å². The summed E-state index contributed by atoms with van der Waals surface area (Å²) in [6.45, 7) is 4.15. The van der Waals surface area contributed by atoms with Crippen LogP contribution in [0.5, 0.6) is 0 Å². The number of ether oxygens (including phenoxy) is 1. The van der Waals surface area contributed by atoms with Crippen LogP contribution in [0.3, 0.4) is 0 Å². The van der Waals surface area contributed by atoms with E-state index < -0.39 is 5.60 Å². The molecule has 2 aliphatic rings. The average molecular weight is 299 g/mol. The first kappa shape index (κ1) is 15.6. The lowest BCUT2D eigenvalue weighted by Crippen LogP contribution is -2.37. The van der Waals surface area contributed by atoms with Gasteiger partial charge in [-0.05, 0) is 18.4 Å². The molecule has 0 amide bonds. The van der Waals surface area contributed by atoms with E-state index in [0.717, 1.165) is 44.7 Å². The monoisotopic (exact) mass is 299 g/mol. The Morgan fingerprint density at radius 1 is 1.14 bits per heavy atom. The lowest BCUT2D eigenvalue weighted by atomic mass is 9.80. The Morgan fingerprint density at radius 3 is 2.50 bits per heavy atom. The molecule has 1 saturated heterocycles. The number of rotatable bonds is 3. The molecule has 0 unspecified atom stereocenters. The van der Waals surface area contributed by atoms with Crippen molar-refractivity contribution in [2.24, 2.45) is 5.92 Å². The average Bonchev–Trinajstić information content (AvgIpc) is 3.12. The lowest BCUT2D eigenvalue weighted by molar-refractivity contribution is 0.0356. The van der Waals surface area contributed by atoms with E-state index in [-0.39, 0.29) is 5.92 Å². The van der Waals surface area contributed by atoms with Crippen LogP contribution in [0.25, 0.3) is 0 Å². The molecule has 3 nitrogen and oxygen atoms in total. The summed E-state index contributed by atoms with van der Waals surface area (Å²) < 4.78 is 5.36. The number of morpholine rings is 1. The van der Waals surface area contributed by atoms with Gasteiger partial charge in [-0.1, -0.05) is 55.0 Å². The van der Waals surface area contributed by atoms with E-state index in [1.54, 1.807) is 0 Å². The third-order valence-electron chi connectivity index (χ3n) is 4.85. The molecule has 118 valence electrons. The van der Waals surface area contributed by atoms with Crippen molar-refractivity contribution in [3.8, 4) is 11.8 Å². The summed E-state index contributed by atoms with van der Waals surface area (Å²) in [7, 11) is 0. The largest absolute Gasteiger partial charge is 0.379 e. The van der Waals surface area contributed by atoms with Crippen molar-refractivity contribution in [2.75, 3.05) is 32.8 Å². The predicted molar refractivity (Wildman–Crippen MR) is 87.3 cm³/mol. The van der Waals surface area contributed by atoms with Crippen molar-refractivity contribution in [3.05, 3.63) is 35.9 Å². The fourth-order valence-corrected chi connectivity index (χ4v) is 3.49. The van der Waals surface area contributed by atoms with Crippen molar-refractivity contribution in [2.45, 2.75) is 31.3 Å². The molecular formula is C19H25NO2. The van der Waals surface area contributed by atoms with Gasteiger partial charge in [0.05, 0.1) is 19.8 Å². The van der Waals surface area contributed by atoms with Gasteiger partial charge in [0, 0.05) is 19.0 Å². The normalized spacial score (nSPS) is 22.8. The van der Waals surface area contributed by atoms with Gasteiger partial charge >= 0.3 is 0 Å². The fourth-order valence-electron chi connectivity index (χ4n) is 3.49. The Balaban J connectivity index is 1.77. The highest BCUT2D eigenvalue weighted by Crippen LogP contribution is 2.40. The minimum Gasteiger partial charge on any atom is -0.379 e. The zero-order valence-corrected chi connectivity index (χ0v) is 13.1. The molecule has 2 fully saturated rings. The molecule has 3 rings (SSSR count). The number of aliphatic hydroxyl groups is 1. The zero-order valence-electron chi connectivity index (χ0n) is 13.1. The topological polar surface area (TPSA) is 32.7 Å². The van der Waals surface area contributed by atoms with Gasteiger partial charge in [-0.2, -0.15) is 0 Å². The first-order valence-electron chi connectivity index (χ1n) is 8.37. The molecule has 1 saturated carbocycles. The molecule has 0 aromatic heterocycles. The summed E-state index contributed by atoms with van der Waals surface area (Å²) in [4.78, 5) is 2.29. The molecule has 0 bridgehead atoms. The van der Waals surface area contributed by atoms with E-state index in [2.05, 4.69) is 16.7 Å². The van der Waals surface area contributed by atoms with Crippen LogP contribution < -0.4 is 0 Å². The highest BCUT2D eigenvalue weighted by molar-refractivity contribution is 5.33. The zero-order chi connectivity index (χ0) is 15.3. The molecule has 1 aliphatic carbocycles. The van der Waals surface area contributed by atoms with Crippen LogP contribution in [0.2, 0.25) is 0 Å². The first-order valence-corrected chi connectivity index (χ1v) is 8.37. The van der Waals surface area contributed by atoms with Crippen LogP contribution in [0, 0.1) is 17.8 Å². The predicted octanol–water partition coefficient (Wildman–Crippen LogP) is 2.40. The number of benzene rings is 1. The second kappa shape index (κ2) is 7.28. The fraction of sp³-hybridized carbons (Fsp3) is 0.579. The van der Waals surface area contributed by atoms with Crippen molar-refractivity contribution in [1.29, 1.82) is 0 Å². The maximum absolute atomic E-state index is 11.3. The van der Waals surface area contributed by atoms with Crippen LogP contribution in [0.4, 0.5) is 0 Å². The number of hydrogen-bond donors (Lipinski definition) is 1. The van der Waals surface area contributed by atoms with Gasteiger partial charge in [-0.25, -0.2) is 0 Å². The second-order valence-corrected chi connectivity index (χ2v) is 6.30. The molecule has 1 aromatic rings. The number of hydrogen-bond acceptors (Lipinski definition) is 3. The third-order valence-corrected chi connectivity index (χ3v) is 4.85. The molecule has 22 heavy (non-hydrogen) atoms. The Kier molecular flexibility index (Phi) is 5.15. The van der Waals surface area contributed by atoms with E-state index in [0.29, 0.717) is 6.54 Å². The third kappa shape index (κ3) is 3.52. The van der Waals surface area contributed by atoms with E-state index in [9.17, 15) is 5.11 Å². The lowest BCUT2D eigenvalue weighted by Gasteiger charge is -2.30. The summed E-state index contributed by atoms with van der Waals surface area (Å²) in [5.74, 6) is 6.72. The molecule has 0 spiro atoms. The molecule has 3 heteroatoms. The van der Waals surface area contributed by atoms with Gasteiger partial charge in [0.1, 0.15) is 0 Å². The summed E-state index contributed by atoms with van der Waals surface area (Å²) in [5, 5.41) is 11.3. The molecule has 1 aromatic carbocycles. The van der Waals surface area contributed by atoms with Crippen LogP contribution in [0.1, 0.15) is 31.2 Å². The standard InChI is InChI=1S/C19H25NO2/c21-19(18-9-4-5-10-18,17-7-2-1-3-8-17)11-6-12-20-13-15-22-16-14-20/h1-3,7-8,18,21H,4-5,9-10,12-16H2/t19-/m1/s1. The molecule has 1 N–H and O–H groups in total. The molecule has 1 aliphatic heterocycles. The first-order chi connectivity index (χ1) is 10.8. The molecule has 1 heterocycles. The highest BCUT2D eigenvalue weighted by atomic mass is 16.5. The minimum absolute atomic E-state index is 0.257. The van der Waals surface area contributed by atoms with Gasteiger partial charge in [-0.15, -0.1) is 0 Å². The van der Waals surface area contributed by atoms with Gasteiger partial charge < -0.3 is 9.84 Å². The SMILES string of the molecule is O[C@](C#CCN1CCOCC1)(c1ccccc1)C1CCCC1. The van der Waals surface area contributed by atoms with Crippen LogP contribution in [-0.4, -0.2) is 42.9 Å². The van der Waals surface area contributed by atoms with Gasteiger partial charge in [0.2, 0.25) is 0 Å². The number of nitrogens with zero attached hydrogens (tertiary/aromatic N) is 1.